The molecule has 0 N–H and O–H groups in total. The Morgan fingerprint density at radius 3 is 1.74 bits per heavy atom. The molecule has 0 aliphatic carbocycles. The molecule has 0 bridgehead atoms. The fourth-order valence-corrected chi connectivity index (χ4v) is 5.41. The van der Waals surface area contributed by atoms with E-state index in [1.54, 1.807) is 0 Å². The van der Waals surface area contributed by atoms with Crippen molar-refractivity contribution in [2.45, 2.75) is 48.5 Å². The standard InChI is InChI=1S/C43H48/c1-13-22-30(8)37(17-5)34(12)31(9)27-35(16-4)32(10)28-36(23-14-2)33(11)29-43-38(18-6)40(24-15-3)42-26-21-20-25-41(42)39(43)19-7/h13-29H,1-2,4,6-7H2,3,5,8-12H3/b24-15-,30-22-,32-28+,33-29+,34-31+,35-27+,36-23+,37-17+. The quantitative estimate of drug-likeness (QED) is 0.212. The molecule has 0 saturated carbocycles. The average molecular weight is 565 g/mol. The Labute approximate surface area is 261 Å². The highest BCUT2D eigenvalue weighted by atomic mass is 14.2. The summed E-state index contributed by atoms with van der Waals surface area (Å²) in [6.07, 6.45) is 26.7. The minimum Gasteiger partial charge on any atom is -0.0991 e. The molecule has 0 nitrogen and oxygen atoms in total. The van der Waals surface area contributed by atoms with E-state index < -0.39 is 0 Å². The van der Waals surface area contributed by atoms with Gasteiger partial charge in [-0.05, 0) is 126 Å². The Kier molecular flexibility index (Phi) is 13.4. The Bertz CT molecular complexity index is 1670. The first kappa shape index (κ1) is 34.5. The third-order valence-electron chi connectivity index (χ3n) is 7.73. The van der Waals surface area contributed by atoms with Gasteiger partial charge in [0, 0.05) is 0 Å². The Morgan fingerprint density at radius 1 is 0.628 bits per heavy atom. The fraction of sp³-hybridized carbons (Fsp3) is 0.163. The lowest BCUT2D eigenvalue weighted by Gasteiger charge is -2.17. The molecule has 0 aliphatic rings. The van der Waals surface area contributed by atoms with Gasteiger partial charge in [-0.2, -0.15) is 0 Å². The second-order valence-electron chi connectivity index (χ2n) is 10.5. The van der Waals surface area contributed by atoms with Gasteiger partial charge in [0.2, 0.25) is 0 Å². The number of rotatable bonds is 13. The largest absolute Gasteiger partial charge is 0.0991 e. The summed E-state index contributed by atoms with van der Waals surface area (Å²) in [5.74, 6) is 0. The first-order valence-corrected chi connectivity index (χ1v) is 14.8. The first-order valence-electron chi connectivity index (χ1n) is 14.8. The van der Waals surface area contributed by atoms with Crippen LogP contribution in [0.3, 0.4) is 0 Å². The van der Waals surface area contributed by atoms with Crippen molar-refractivity contribution < 1.29 is 0 Å². The van der Waals surface area contributed by atoms with Gasteiger partial charge in [-0.25, -0.2) is 0 Å². The lowest BCUT2D eigenvalue weighted by Crippen LogP contribution is -1.96. The number of allylic oxidation sites excluding steroid dienone is 17. The summed E-state index contributed by atoms with van der Waals surface area (Å²) < 4.78 is 0. The summed E-state index contributed by atoms with van der Waals surface area (Å²) in [6.45, 7) is 35.2. The van der Waals surface area contributed by atoms with Crippen LogP contribution in [0.4, 0.5) is 0 Å². The van der Waals surface area contributed by atoms with E-state index in [0.717, 1.165) is 44.5 Å². The molecule has 220 valence electrons. The van der Waals surface area contributed by atoms with Gasteiger partial charge >= 0.3 is 0 Å². The molecular formula is C43H48. The molecule has 0 heterocycles. The van der Waals surface area contributed by atoms with Crippen LogP contribution in [0.1, 0.15) is 70.7 Å². The van der Waals surface area contributed by atoms with Crippen molar-refractivity contribution in [3.8, 4) is 0 Å². The summed E-state index contributed by atoms with van der Waals surface area (Å²) in [6, 6.07) is 8.49. The van der Waals surface area contributed by atoms with Crippen molar-refractivity contribution in [3.63, 3.8) is 0 Å². The Hall–Kier alpha value is -4.68. The van der Waals surface area contributed by atoms with E-state index in [2.05, 4.69) is 141 Å². The van der Waals surface area contributed by atoms with Gasteiger partial charge in [-0.15, -0.1) is 0 Å². The van der Waals surface area contributed by atoms with E-state index in [9.17, 15) is 0 Å². The molecule has 2 aromatic carbocycles. The van der Waals surface area contributed by atoms with Crippen molar-refractivity contribution in [2.75, 3.05) is 0 Å². The lowest BCUT2D eigenvalue weighted by molar-refractivity contribution is 1.24. The normalized spacial score (nSPS) is 14.6. The fourth-order valence-electron chi connectivity index (χ4n) is 5.41. The molecule has 43 heavy (non-hydrogen) atoms. The highest BCUT2D eigenvalue weighted by Crippen LogP contribution is 2.36. The van der Waals surface area contributed by atoms with Crippen LogP contribution in [0.5, 0.6) is 0 Å². The third-order valence-corrected chi connectivity index (χ3v) is 7.73. The van der Waals surface area contributed by atoms with Crippen molar-refractivity contribution >= 4 is 35.1 Å². The zero-order chi connectivity index (χ0) is 32.1. The van der Waals surface area contributed by atoms with Gasteiger partial charge in [0.1, 0.15) is 0 Å². The maximum atomic E-state index is 4.19. The first-order chi connectivity index (χ1) is 20.6. The minimum atomic E-state index is 1.07. The van der Waals surface area contributed by atoms with Crippen molar-refractivity contribution in [1.29, 1.82) is 0 Å². The van der Waals surface area contributed by atoms with Crippen LogP contribution < -0.4 is 0 Å². The van der Waals surface area contributed by atoms with E-state index in [0.29, 0.717) is 0 Å². The second-order valence-corrected chi connectivity index (χ2v) is 10.5. The maximum Gasteiger partial charge on any atom is -0.00965 e. The van der Waals surface area contributed by atoms with Crippen molar-refractivity contribution in [3.05, 3.63) is 179 Å². The molecule has 0 amide bonds. The zero-order valence-corrected chi connectivity index (χ0v) is 27.4. The molecule has 0 atom stereocenters. The molecule has 0 aromatic heterocycles. The number of hydrogen-bond donors (Lipinski definition) is 0. The number of fused-ring (bicyclic) bond motifs is 1. The van der Waals surface area contributed by atoms with E-state index in [1.165, 1.54) is 33.1 Å². The summed E-state index contributed by atoms with van der Waals surface area (Å²) in [5.41, 5.74) is 13.6. The molecule has 0 fully saturated rings. The van der Waals surface area contributed by atoms with Gasteiger partial charge in [0.15, 0.2) is 0 Å². The molecule has 0 unspecified atom stereocenters. The second kappa shape index (κ2) is 16.7. The minimum absolute atomic E-state index is 1.07. The van der Waals surface area contributed by atoms with Crippen LogP contribution in [0.25, 0.3) is 35.1 Å². The van der Waals surface area contributed by atoms with E-state index >= 15 is 0 Å². The SMILES string of the molecule is C=C\C=C(C)/C(=C\C)C(/C)=C(C)/C=C(C=C)/C(C)=C/C(=C\C=C)C(/C)=C/c1c(C=C)c(/C=C\C)c2ccccc2c1C=C. The Morgan fingerprint density at radius 2 is 1.23 bits per heavy atom. The van der Waals surface area contributed by atoms with Crippen LogP contribution in [0, 0.1) is 0 Å². The highest BCUT2D eigenvalue weighted by Gasteiger charge is 2.14. The molecule has 0 radical (unpaired) electrons. The zero-order valence-electron chi connectivity index (χ0n) is 27.4. The van der Waals surface area contributed by atoms with Crippen molar-refractivity contribution in [1.82, 2.24) is 0 Å². The summed E-state index contributed by atoms with van der Waals surface area (Å²) in [7, 11) is 0. The summed E-state index contributed by atoms with van der Waals surface area (Å²) in [5, 5.41) is 2.36. The van der Waals surface area contributed by atoms with Crippen molar-refractivity contribution in [2.24, 2.45) is 0 Å². The Balaban J connectivity index is 2.77. The lowest BCUT2D eigenvalue weighted by atomic mass is 9.87. The third kappa shape index (κ3) is 8.21. The van der Waals surface area contributed by atoms with Gasteiger partial charge < -0.3 is 0 Å². The van der Waals surface area contributed by atoms with Gasteiger partial charge in [-0.3, -0.25) is 0 Å². The molecule has 2 rings (SSSR count). The monoisotopic (exact) mass is 564 g/mol. The van der Waals surface area contributed by atoms with Gasteiger partial charge in [0.25, 0.3) is 0 Å². The van der Waals surface area contributed by atoms with E-state index in [-0.39, 0.29) is 0 Å². The van der Waals surface area contributed by atoms with Gasteiger partial charge in [-0.1, -0.05) is 136 Å². The molecular weight excluding hydrogens is 516 g/mol. The predicted octanol–water partition coefficient (Wildman–Crippen LogP) is 13.1. The molecule has 2 aromatic rings. The van der Waals surface area contributed by atoms with Crippen LogP contribution in [0.2, 0.25) is 0 Å². The molecule has 0 spiro atoms. The van der Waals surface area contributed by atoms with Crippen LogP contribution in [-0.4, -0.2) is 0 Å². The number of hydrogen-bond acceptors (Lipinski definition) is 0. The molecule has 0 saturated heterocycles. The number of benzene rings is 2. The van der Waals surface area contributed by atoms with Gasteiger partial charge in [0.05, 0.1) is 0 Å². The smallest absolute Gasteiger partial charge is 0.00965 e. The van der Waals surface area contributed by atoms with E-state index in [4.69, 9.17) is 0 Å². The molecule has 0 heteroatoms. The summed E-state index contributed by atoms with van der Waals surface area (Å²) in [4.78, 5) is 0. The molecule has 0 aliphatic heterocycles. The predicted molar refractivity (Wildman–Crippen MR) is 199 cm³/mol. The maximum absolute atomic E-state index is 4.19. The van der Waals surface area contributed by atoms with E-state index in [1.807, 2.05) is 43.4 Å². The topological polar surface area (TPSA) is 0 Å². The van der Waals surface area contributed by atoms with Crippen LogP contribution in [0.15, 0.2) is 156 Å². The average Bonchev–Trinajstić information content (AvgIpc) is 3.00. The van der Waals surface area contributed by atoms with Crippen LogP contribution in [-0.2, 0) is 0 Å². The summed E-state index contributed by atoms with van der Waals surface area (Å²) >= 11 is 0. The highest BCUT2D eigenvalue weighted by molar-refractivity contribution is 6.03. The van der Waals surface area contributed by atoms with Crippen LogP contribution >= 0.6 is 0 Å².